The van der Waals surface area contributed by atoms with Gasteiger partial charge in [-0.1, -0.05) is 0 Å². The van der Waals surface area contributed by atoms with E-state index in [2.05, 4.69) is 2.59 Å². The number of allylic oxidation sites excluding steroid dienone is 1. The molecule has 0 bridgehead atoms. The third-order valence-electron chi connectivity index (χ3n) is 2.99. The third-order valence-corrected chi connectivity index (χ3v) is 10.1. The summed E-state index contributed by atoms with van der Waals surface area (Å²) in [5.41, 5.74) is 2.16. The molecule has 0 saturated carbocycles. The molecule has 0 unspecified atom stereocenters. The molecule has 0 heterocycles. The molecule has 0 radical (unpaired) electrons. The summed E-state index contributed by atoms with van der Waals surface area (Å²) in [7, 11) is -3.50. The molecule has 0 atom stereocenters. The third kappa shape index (κ3) is 5.17. The first-order chi connectivity index (χ1) is 10.5. The van der Waals surface area contributed by atoms with Crippen molar-refractivity contribution in [1.82, 2.24) is 0 Å². The van der Waals surface area contributed by atoms with Crippen LogP contribution < -0.4 is 0 Å². The average Bonchev–Trinajstić information content (AvgIpc) is 2.48. The number of benzene rings is 2. The van der Waals surface area contributed by atoms with E-state index in [9.17, 15) is 8.42 Å². The second-order valence-corrected chi connectivity index (χ2v) is 12.2. The van der Waals surface area contributed by atoms with Crippen molar-refractivity contribution in [3.63, 3.8) is 0 Å². The van der Waals surface area contributed by atoms with Crippen LogP contribution in [0.15, 0.2) is 68.2 Å². The fourth-order valence-corrected chi connectivity index (χ4v) is 8.00. The summed E-state index contributed by atoms with van der Waals surface area (Å²) in [6.45, 7) is 1.93. The van der Waals surface area contributed by atoms with Gasteiger partial charge in [0, 0.05) is 0 Å². The van der Waals surface area contributed by atoms with E-state index in [1.165, 1.54) is 0 Å². The summed E-state index contributed by atoms with van der Waals surface area (Å²) in [4.78, 5) is 2.27. The van der Waals surface area contributed by atoms with Gasteiger partial charge in [0.25, 0.3) is 0 Å². The maximum absolute atomic E-state index is 12.2. The van der Waals surface area contributed by atoms with Crippen LogP contribution in [0, 0.1) is 6.92 Å². The molecule has 0 aliphatic rings. The van der Waals surface area contributed by atoms with E-state index in [4.69, 9.17) is 0 Å². The van der Waals surface area contributed by atoms with Gasteiger partial charge in [0.05, 0.1) is 0 Å². The van der Waals surface area contributed by atoms with Gasteiger partial charge in [0.1, 0.15) is 0 Å². The number of rotatable bonds is 5. The summed E-state index contributed by atoms with van der Waals surface area (Å²) in [6.07, 6.45) is 4.05. The van der Waals surface area contributed by atoms with Crippen LogP contribution in [0.5, 0.6) is 0 Å². The summed E-state index contributed by atoms with van der Waals surface area (Å²) in [5.74, 6) is 0. The molecule has 0 aliphatic carbocycles. The van der Waals surface area contributed by atoms with Crippen LogP contribution >= 0.6 is 0 Å². The number of aryl methyl sites for hydroxylation is 1. The molecule has 3 nitrogen and oxygen atoms in total. The second-order valence-electron chi connectivity index (χ2n) is 4.94. The predicted molar refractivity (Wildman–Crippen MR) is 92.7 cm³/mol. The van der Waals surface area contributed by atoms with Gasteiger partial charge >= 0.3 is 140 Å². The van der Waals surface area contributed by atoms with Gasteiger partial charge in [-0.3, -0.25) is 0 Å². The number of hydrogen-bond donors (Lipinski definition) is 0. The normalized spacial score (nSPS) is 13.5. The molecular formula is C17H19NO2STe. The van der Waals surface area contributed by atoms with Crippen LogP contribution in [-0.4, -0.2) is 27.8 Å². The van der Waals surface area contributed by atoms with Crippen molar-refractivity contribution in [3.8, 4) is 0 Å². The van der Waals surface area contributed by atoms with E-state index in [0.29, 0.717) is 0 Å². The van der Waals surface area contributed by atoms with Crippen LogP contribution in [0.2, 0.25) is 9.44 Å². The second kappa shape index (κ2) is 7.82. The molecule has 0 amide bonds. The standard InChI is InChI=1S/C17H19NO2STe/c1-15-10-12-17(13-11-15)21(19,20)18-22(2)14-6-9-16-7-4-3-5-8-16/h3-13H,14H2,1-2H3/b9-6+. The van der Waals surface area contributed by atoms with Crippen molar-refractivity contribution in [1.29, 1.82) is 0 Å². The summed E-state index contributed by atoms with van der Waals surface area (Å²) in [6, 6.07) is 16.8. The zero-order valence-corrected chi connectivity index (χ0v) is 15.8. The Kier molecular flexibility index (Phi) is 6.07. The van der Waals surface area contributed by atoms with E-state index in [-0.39, 0.29) is 4.90 Å². The monoisotopic (exact) mass is 431 g/mol. The molecular weight excluding hydrogens is 410 g/mol. The number of nitrogens with zero attached hydrogens (tertiary/aromatic N) is 1. The minimum atomic E-state index is -3.50. The molecule has 0 N–H and O–H groups in total. The van der Waals surface area contributed by atoms with Crippen molar-refractivity contribution in [2.75, 3.05) is 0 Å². The summed E-state index contributed by atoms with van der Waals surface area (Å²) in [5, 5.41) is 0. The SMILES string of the molecule is Cc1ccc(S(=O)(=O)/N=[Te](\C)C/C=C/c2ccccc2)cc1. The zero-order chi connectivity index (χ0) is 16.0. The van der Waals surface area contributed by atoms with Gasteiger partial charge in [0.2, 0.25) is 0 Å². The quantitative estimate of drug-likeness (QED) is 0.667. The minimum absolute atomic E-state index is 0.290. The first-order valence-electron chi connectivity index (χ1n) is 6.86. The Labute approximate surface area is 139 Å². The van der Waals surface area contributed by atoms with Gasteiger partial charge in [0.15, 0.2) is 0 Å². The summed E-state index contributed by atoms with van der Waals surface area (Å²) < 4.78 is 29.4. The van der Waals surface area contributed by atoms with Crippen LogP contribution in [0.4, 0.5) is 0 Å². The molecule has 0 spiro atoms. The maximum atomic E-state index is 12.2. The van der Waals surface area contributed by atoms with Crippen molar-refractivity contribution in [3.05, 3.63) is 71.8 Å². The number of sulfonamides is 1. The average molecular weight is 429 g/mol. The van der Waals surface area contributed by atoms with Gasteiger partial charge in [-0.25, -0.2) is 0 Å². The number of hydrogen-bond acceptors (Lipinski definition) is 2. The van der Waals surface area contributed by atoms with Crippen molar-refractivity contribution in [2.45, 2.75) is 21.3 Å². The Bertz CT molecular complexity index is 779. The molecule has 2 aromatic carbocycles. The van der Waals surface area contributed by atoms with Crippen molar-refractivity contribution >= 4 is 35.5 Å². The van der Waals surface area contributed by atoms with Gasteiger partial charge in [-0.2, -0.15) is 0 Å². The molecule has 0 aliphatic heterocycles. The Morgan fingerprint density at radius 1 is 1.05 bits per heavy atom. The van der Waals surface area contributed by atoms with Crippen LogP contribution in [0.25, 0.3) is 6.08 Å². The fraction of sp³-hybridized carbons (Fsp3) is 0.176. The predicted octanol–water partition coefficient (Wildman–Crippen LogP) is 4.29. The Morgan fingerprint density at radius 2 is 1.68 bits per heavy atom. The van der Waals surface area contributed by atoms with E-state index in [1.807, 2.05) is 54.4 Å². The molecule has 0 fully saturated rings. The molecule has 116 valence electrons. The van der Waals surface area contributed by atoms with E-state index >= 15 is 0 Å². The molecule has 5 heteroatoms. The fourth-order valence-electron chi connectivity index (χ4n) is 1.84. The molecule has 2 rings (SSSR count). The zero-order valence-electron chi connectivity index (χ0n) is 12.6. The van der Waals surface area contributed by atoms with E-state index in [1.54, 1.807) is 24.3 Å². The van der Waals surface area contributed by atoms with E-state index in [0.717, 1.165) is 15.6 Å². The molecule has 2 aromatic rings. The molecule has 0 aromatic heterocycles. The topological polar surface area (TPSA) is 46.5 Å². The van der Waals surface area contributed by atoms with Gasteiger partial charge in [-0.15, -0.1) is 0 Å². The van der Waals surface area contributed by atoms with Gasteiger partial charge in [-0.05, 0) is 0 Å². The van der Waals surface area contributed by atoms with Crippen molar-refractivity contribution < 1.29 is 8.42 Å². The Morgan fingerprint density at radius 3 is 2.32 bits per heavy atom. The Hall–Kier alpha value is -1.28. The van der Waals surface area contributed by atoms with Crippen LogP contribution in [-0.2, 0) is 10.0 Å². The van der Waals surface area contributed by atoms with Crippen LogP contribution in [0.3, 0.4) is 0 Å². The van der Waals surface area contributed by atoms with Crippen LogP contribution in [0.1, 0.15) is 11.1 Å². The van der Waals surface area contributed by atoms with Crippen molar-refractivity contribution in [2.24, 2.45) is 2.59 Å². The molecule has 22 heavy (non-hydrogen) atoms. The summed E-state index contributed by atoms with van der Waals surface area (Å²) >= 11 is -2.02. The van der Waals surface area contributed by atoms with Gasteiger partial charge < -0.3 is 0 Å². The van der Waals surface area contributed by atoms with E-state index < -0.39 is 29.4 Å². The Balaban J connectivity index is 2.08. The molecule has 0 saturated heterocycles. The first-order valence-corrected chi connectivity index (χ1v) is 13.3. The first kappa shape index (κ1) is 17.1.